The Kier molecular flexibility index (Phi) is 11.1. The van der Waals surface area contributed by atoms with Gasteiger partial charge in [-0.25, -0.2) is 9.18 Å². The zero-order valence-electron chi connectivity index (χ0n) is 23.2. The summed E-state index contributed by atoms with van der Waals surface area (Å²) >= 11 is 0. The monoisotopic (exact) mass is 571 g/mol. The van der Waals surface area contributed by atoms with Gasteiger partial charge in [-0.2, -0.15) is 0 Å². The van der Waals surface area contributed by atoms with Crippen LogP contribution in [-0.2, 0) is 24.4 Å². The summed E-state index contributed by atoms with van der Waals surface area (Å²) in [5.41, 5.74) is 2.99. The van der Waals surface area contributed by atoms with Gasteiger partial charge in [-0.1, -0.05) is 54.6 Å². The molecule has 0 fully saturated rings. The first kappa shape index (κ1) is 30.3. The van der Waals surface area contributed by atoms with Gasteiger partial charge in [0.1, 0.15) is 18.1 Å². The molecule has 0 bridgehead atoms. The molecule has 4 rings (SSSR count). The Hall–Kier alpha value is -4.69. The molecule has 0 saturated heterocycles. The quantitative estimate of drug-likeness (QED) is 0.137. The van der Waals surface area contributed by atoms with Crippen LogP contribution in [0.3, 0.4) is 0 Å². The van der Waals surface area contributed by atoms with Gasteiger partial charge in [-0.15, -0.1) is 0 Å². The lowest BCUT2D eigenvalue weighted by Gasteiger charge is -2.23. The highest BCUT2D eigenvalue weighted by molar-refractivity contribution is 5.87. The third-order valence-electron chi connectivity index (χ3n) is 6.75. The van der Waals surface area contributed by atoms with Crippen LogP contribution < -0.4 is 9.47 Å². The highest BCUT2D eigenvalue weighted by Crippen LogP contribution is 2.27. The van der Waals surface area contributed by atoms with Crippen LogP contribution in [0.15, 0.2) is 97.1 Å². The van der Waals surface area contributed by atoms with Gasteiger partial charge in [0.05, 0.1) is 5.56 Å². The predicted octanol–water partition coefficient (Wildman–Crippen LogP) is 7.19. The summed E-state index contributed by atoms with van der Waals surface area (Å²) < 4.78 is 26.3. The van der Waals surface area contributed by atoms with Gasteiger partial charge in [-0.3, -0.25) is 9.69 Å². The molecule has 8 heteroatoms. The number of benzene rings is 4. The number of para-hydroxylation sites is 2. The number of ether oxygens (including phenoxy) is 2. The van der Waals surface area contributed by atoms with Crippen LogP contribution in [0.4, 0.5) is 4.39 Å². The van der Waals surface area contributed by atoms with Crippen LogP contribution in [0.2, 0.25) is 0 Å². The van der Waals surface area contributed by atoms with Crippen molar-refractivity contribution < 1.29 is 33.7 Å². The molecule has 2 N–H and O–H groups in total. The summed E-state index contributed by atoms with van der Waals surface area (Å²) in [7, 11) is 0. The van der Waals surface area contributed by atoms with E-state index in [-0.39, 0.29) is 24.3 Å². The average Bonchev–Trinajstić information content (AvgIpc) is 2.99. The van der Waals surface area contributed by atoms with Crippen molar-refractivity contribution in [1.82, 2.24) is 4.90 Å². The lowest BCUT2D eigenvalue weighted by Crippen LogP contribution is -2.27. The largest absolute Gasteiger partial charge is 0.489 e. The van der Waals surface area contributed by atoms with E-state index < -0.39 is 17.8 Å². The maximum Gasteiger partial charge on any atom is 0.335 e. The van der Waals surface area contributed by atoms with E-state index in [1.54, 1.807) is 36.4 Å². The van der Waals surface area contributed by atoms with E-state index in [9.17, 15) is 19.1 Å². The van der Waals surface area contributed by atoms with Crippen molar-refractivity contribution in [2.24, 2.45) is 0 Å². The van der Waals surface area contributed by atoms with Gasteiger partial charge in [-0.05, 0) is 85.0 Å². The third-order valence-corrected chi connectivity index (χ3v) is 6.75. The van der Waals surface area contributed by atoms with Gasteiger partial charge in [0.2, 0.25) is 0 Å². The van der Waals surface area contributed by atoms with E-state index >= 15 is 0 Å². The van der Waals surface area contributed by atoms with Crippen LogP contribution in [0, 0.1) is 5.82 Å². The molecule has 0 saturated carbocycles. The predicted molar refractivity (Wildman–Crippen MR) is 158 cm³/mol. The maximum absolute atomic E-state index is 14.4. The number of halogens is 1. The number of carbonyl (C=O) groups is 2. The molecular formula is C34H34FNO6. The van der Waals surface area contributed by atoms with Crippen molar-refractivity contribution >= 4 is 11.9 Å². The Balaban J connectivity index is 1.40. The Morgan fingerprint density at radius 1 is 0.762 bits per heavy atom. The zero-order chi connectivity index (χ0) is 29.7. The number of carboxylic acids is 2. The first-order chi connectivity index (χ1) is 20.4. The van der Waals surface area contributed by atoms with Crippen LogP contribution in [-0.4, -0.2) is 40.1 Å². The number of hydrogen-bond acceptors (Lipinski definition) is 5. The zero-order valence-corrected chi connectivity index (χ0v) is 23.2. The summed E-state index contributed by atoms with van der Waals surface area (Å²) in [4.78, 5) is 24.4. The first-order valence-electron chi connectivity index (χ1n) is 13.9. The second-order valence-electron chi connectivity index (χ2n) is 9.96. The Labute approximate surface area is 244 Å². The normalized spacial score (nSPS) is 10.9. The number of rotatable bonds is 16. The number of aromatic carboxylic acids is 1. The van der Waals surface area contributed by atoms with Gasteiger partial charge in [0.25, 0.3) is 0 Å². The molecule has 0 aliphatic rings. The number of aliphatic carboxylic acids is 1. The van der Waals surface area contributed by atoms with Crippen molar-refractivity contribution in [3.63, 3.8) is 0 Å². The molecule has 4 aromatic rings. The number of hydrogen-bond donors (Lipinski definition) is 2. The number of unbranched alkanes of at least 4 members (excludes halogenated alkanes) is 1. The van der Waals surface area contributed by atoms with Gasteiger partial charge >= 0.3 is 11.9 Å². The van der Waals surface area contributed by atoms with E-state index in [0.29, 0.717) is 38.2 Å². The minimum atomic E-state index is -0.968. The molecule has 7 nitrogen and oxygen atoms in total. The molecule has 218 valence electrons. The van der Waals surface area contributed by atoms with E-state index in [2.05, 4.69) is 4.90 Å². The molecule has 0 heterocycles. The molecule has 0 atom stereocenters. The van der Waals surface area contributed by atoms with Gasteiger partial charge in [0, 0.05) is 19.5 Å². The Bertz CT molecular complexity index is 1460. The Morgan fingerprint density at radius 2 is 1.48 bits per heavy atom. The highest BCUT2D eigenvalue weighted by atomic mass is 19.1. The van der Waals surface area contributed by atoms with Crippen LogP contribution in [0.1, 0.15) is 46.3 Å². The van der Waals surface area contributed by atoms with Crippen LogP contribution >= 0.6 is 0 Å². The fraction of sp³-hybridized carbons (Fsp3) is 0.235. The topological polar surface area (TPSA) is 96.3 Å². The molecule has 42 heavy (non-hydrogen) atoms. The third kappa shape index (κ3) is 9.45. The van der Waals surface area contributed by atoms with Gasteiger partial charge in [0.15, 0.2) is 11.6 Å². The summed E-state index contributed by atoms with van der Waals surface area (Å²) in [6.45, 7) is 2.24. The second-order valence-corrected chi connectivity index (χ2v) is 9.96. The SMILES string of the molecule is O=C(O)CCCCN(CCc1ccccc1OCc1ccc(F)c(Oc2ccccc2)c1)Cc1ccc(C(=O)O)cc1. The first-order valence-corrected chi connectivity index (χ1v) is 13.9. The molecule has 0 aromatic heterocycles. The van der Waals surface area contributed by atoms with Crippen molar-refractivity contribution in [2.75, 3.05) is 13.1 Å². The number of nitrogens with zero attached hydrogens (tertiary/aromatic N) is 1. The minimum absolute atomic E-state index is 0.124. The fourth-order valence-corrected chi connectivity index (χ4v) is 4.51. The molecule has 0 unspecified atom stereocenters. The molecule has 0 aliphatic heterocycles. The second kappa shape index (κ2) is 15.3. The summed E-state index contributed by atoms with van der Waals surface area (Å²) in [5.74, 6) is -0.829. The summed E-state index contributed by atoms with van der Waals surface area (Å²) in [6, 6.07) is 28.3. The molecule has 0 amide bonds. The van der Waals surface area contributed by atoms with E-state index in [1.165, 1.54) is 6.07 Å². The average molecular weight is 572 g/mol. The lowest BCUT2D eigenvalue weighted by molar-refractivity contribution is -0.137. The molecular weight excluding hydrogens is 537 g/mol. The lowest BCUT2D eigenvalue weighted by atomic mass is 10.1. The van der Waals surface area contributed by atoms with E-state index in [0.717, 1.165) is 28.9 Å². The minimum Gasteiger partial charge on any atom is -0.489 e. The van der Waals surface area contributed by atoms with Crippen molar-refractivity contribution in [1.29, 1.82) is 0 Å². The maximum atomic E-state index is 14.4. The fourth-order valence-electron chi connectivity index (χ4n) is 4.51. The molecule has 0 radical (unpaired) electrons. The van der Waals surface area contributed by atoms with Crippen LogP contribution in [0.25, 0.3) is 0 Å². The van der Waals surface area contributed by atoms with Crippen LogP contribution in [0.5, 0.6) is 17.2 Å². The smallest absolute Gasteiger partial charge is 0.335 e. The van der Waals surface area contributed by atoms with E-state index in [4.69, 9.17) is 14.6 Å². The van der Waals surface area contributed by atoms with Crippen molar-refractivity contribution in [3.05, 3.63) is 125 Å². The van der Waals surface area contributed by atoms with Gasteiger partial charge < -0.3 is 19.7 Å². The van der Waals surface area contributed by atoms with E-state index in [1.807, 2.05) is 54.6 Å². The number of carboxylic acid groups (broad SMARTS) is 2. The summed E-state index contributed by atoms with van der Waals surface area (Å²) in [5, 5.41) is 18.2. The Morgan fingerprint density at radius 3 is 2.21 bits per heavy atom. The summed E-state index contributed by atoms with van der Waals surface area (Å²) in [6.07, 6.45) is 2.13. The molecule has 4 aromatic carbocycles. The molecule has 0 spiro atoms. The highest BCUT2D eigenvalue weighted by Gasteiger charge is 2.12. The standard InChI is InChI=1S/C34H34FNO6/c35-30-18-15-26(22-32(30)42-29-9-2-1-3-10-29)24-41-31-11-5-4-8-27(31)19-21-36(20-7-6-12-33(37)38)23-25-13-16-28(17-14-25)34(39)40/h1-5,8-11,13-18,22H,6-7,12,19-21,23-24H2,(H,37,38)(H,39,40). The molecule has 0 aliphatic carbocycles. The van der Waals surface area contributed by atoms with Crippen molar-refractivity contribution in [2.45, 2.75) is 38.8 Å². The van der Waals surface area contributed by atoms with Crippen molar-refractivity contribution in [3.8, 4) is 17.2 Å².